The second-order valence-corrected chi connectivity index (χ2v) is 7.07. The van der Waals surface area contributed by atoms with Crippen LogP contribution in [0.25, 0.3) is 11.3 Å². The van der Waals surface area contributed by atoms with Gasteiger partial charge in [0.25, 0.3) is 0 Å². The molecule has 0 aliphatic rings. The molecule has 0 bridgehead atoms. The van der Waals surface area contributed by atoms with Crippen LogP contribution in [0.15, 0.2) is 91.1 Å². The predicted octanol–water partition coefficient (Wildman–Crippen LogP) is 6.19. The largest absolute Gasteiger partial charge is 0.457 e. The van der Waals surface area contributed by atoms with Gasteiger partial charge in [0.05, 0.1) is 18.9 Å². The Morgan fingerprint density at radius 1 is 0.828 bits per heavy atom. The number of hydrogen-bond donors (Lipinski definition) is 1. The minimum Gasteiger partial charge on any atom is -0.457 e. The van der Waals surface area contributed by atoms with Crippen molar-refractivity contribution in [3.63, 3.8) is 0 Å². The van der Waals surface area contributed by atoms with Crippen LogP contribution in [0.2, 0.25) is 0 Å². The van der Waals surface area contributed by atoms with Gasteiger partial charge in [0.1, 0.15) is 11.5 Å². The van der Waals surface area contributed by atoms with Gasteiger partial charge in [-0.1, -0.05) is 49.4 Å². The molecule has 1 aromatic heterocycles. The van der Waals surface area contributed by atoms with Crippen molar-refractivity contribution in [3.05, 3.63) is 102 Å². The first-order valence-electron chi connectivity index (χ1n) is 9.77. The maximum absolute atomic E-state index is 5.94. The molecule has 1 unspecified atom stereocenters. The summed E-state index contributed by atoms with van der Waals surface area (Å²) < 4.78 is 11.8. The van der Waals surface area contributed by atoms with Crippen molar-refractivity contribution >= 4 is 0 Å². The number of aromatic nitrogens is 2. The van der Waals surface area contributed by atoms with Gasteiger partial charge < -0.3 is 9.47 Å². The molecule has 4 rings (SSSR count). The maximum Gasteiger partial charge on any atom is 0.127 e. The molecule has 146 valence electrons. The molecule has 3 aromatic carbocycles. The summed E-state index contributed by atoms with van der Waals surface area (Å²) in [6.07, 6.45) is 1.74. The summed E-state index contributed by atoms with van der Waals surface area (Å²) in [7, 11) is 0. The number of aromatic amines is 1. The highest BCUT2D eigenvalue weighted by Gasteiger charge is 2.05. The Balaban J connectivity index is 1.28. The molecule has 0 spiro atoms. The summed E-state index contributed by atoms with van der Waals surface area (Å²) in [5.74, 6) is 1.98. The van der Waals surface area contributed by atoms with E-state index in [2.05, 4.69) is 41.4 Å². The summed E-state index contributed by atoms with van der Waals surface area (Å²) in [5, 5.41) is 6.94. The van der Waals surface area contributed by atoms with Crippen LogP contribution >= 0.6 is 0 Å². The molecule has 0 aliphatic heterocycles. The summed E-state index contributed by atoms with van der Waals surface area (Å²) in [6, 6.07) is 28.4. The Morgan fingerprint density at radius 3 is 2.17 bits per heavy atom. The predicted molar refractivity (Wildman–Crippen MR) is 115 cm³/mol. The molecule has 29 heavy (non-hydrogen) atoms. The molecular formula is C25H24N2O2. The molecule has 4 aromatic rings. The SMILES string of the molecule is CC(COCc1ccc(Oc2ccc(-c3ccn[nH]3)cc2)cc1)c1ccccc1. The first-order valence-corrected chi connectivity index (χ1v) is 9.77. The lowest BCUT2D eigenvalue weighted by atomic mass is 10.0. The van der Waals surface area contributed by atoms with Gasteiger partial charge in [0, 0.05) is 12.1 Å². The van der Waals surface area contributed by atoms with Crippen molar-refractivity contribution in [3.8, 4) is 22.8 Å². The molecule has 1 atom stereocenters. The van der Waals surface area contributed by atoms with Crippen LogP contribution in [0.4, 0.5) is 0 Å². The van der Waals surface area contributed by atoms with Gasteiger partial charge in [-0.3, -0.25) is 5.10 Å². The molecule has 0 aliphatic carbocycles. The van der Waals surface area contributed by atoms with Crippen LogP contribution in [0.5, 0.6) is 11.5 Å². The van der Waals surface area contributed by atoms with Crippen molar-refractivity contribution in [2.24, 2.45) is 0 Å². The fourth-order valence-electron chi connectivity index (χ4n) is 3.14. The van der Waals surface area contributed by atoms with E-state index < -0.39 is 0 Å². The van der Waals surface area contributed by atoms with E-state index in [-0.39, 0.29) is 0 Å². The van der Waals surface area contributed by atoms with Crippen molar-refractivity contribution in [2.75, 3.05) is 6.61 Å². The van der Waals surface area contributed by atoms with Gasteiger partial charge in [-0.15, -0.1) is 0 Å². The molecule has 0 radical (unpaired) electrons. The van der Waals surface area contributed by atoms with Crippen LogP contribution in [0, 0.1) is 0 Å². The highest BCUT2D eigenvalue weighted by Crippen LogP contribution is 2.25. The van der Waals surface area contributed by atoms with Gasteiger partial charge in [0.15, 0.2) is 0 Å². The fourth-order valence-corrected chi connectivity index (χ4v) is 3.14. The van der Waals surface area contributed by atoms with Crippen LogP contribution in [-0.2, 0) is 11.3 Å². The van der Waals surface area contributed by atoms with Crippen LogP contribution in [-0.4, -0.2) is 16.8 Å². The highest BCUT2D eigenvalue weighted by molar-refractivity contribution is 5.59. The Labute approximate surface area is 171 Å². The highest BCUT2D eigenvalue weighted by atomic mass is 16.5. The minimum absolute atomic E-state index is 0.378. The zero-order valence-corrected chi connectivity index (χ0v) is 16.4. The zero-order valence-electron chi connectivity index (χ0n) is 16.4. The molecule has 0 saturated heterocycles. The van der Waals surface area contributed by atoms with Crippen LogP contribution in [0.3, 0.4) is 0 Å². The Kier molecular flexibility index (Phi) is 6.03. The van der Waals surface area contributed by atoms with Gasteiger partial charge in [0.2, 0.25) is 0 Å². The van der Waals surface area contributed by atoms with Crippen LogP contribution < -0.4 is 4.74 Å². The van der Waals surface area contributed by atoms with Crippen molar-refractivity contribution in [1.82, 2.24) is 10.2 Å². The number of ether oxygens (including phenoxy) is 2. The fraction of sp³-hybridized carbons (Fsp3) is 0.160. The van der Waals surface area contributed by atoms with E-state index in [1.807, 2.05) is 60.7 Å². The molecule has 0 saturated carbocycles. The third-order valence-electron chi connectivity index (χ3n) is 4.83. The normalized spacial score (nSPS) is 11.9. The number of nitrogens with one attached hydrogen (secondary N) is 1. The summed E-state index contributed by atoms with van der Waals surface area (Å²) in [6.45, 7) is 3.48. The van der Waals surface area contributed by atoms with Gasteiger partial charge >= 0.3 is 0 Å². The molecule has 1 N–H and O–H groups in total. The summed E-state index contributed by atoms with van der Waals surface area (Å²) in [5.41, 5.74) is 4.50. The number of H-pyrrole nitrogens is 1. The lowest BCUT2D eigenvalue weighted by Crippen LogP contribution is -2.04. The van der Waals surface area contributed by atoms with E-state index in [1.165, 1.54) is 5.56 Å². The van der Waals surface area contributed by atoms with E-state index in [0.717, 1.165) is 28.3 Å². The third-order valence-corrected chi connectivity index (χ3v) is 4.83. The third kappa shape index (κ3) is 5.12. The van der Waals surface area contributed by atoms with Gasteiger partial charge in [-0.2, -0.15) is 5.10 Å². The summed E-state index contributed by atoms with van der Waals surface area (Å²) >= 11 is 0. The monoisotopic (exact) mass is 384 g/mol. The molecular weight excluding hydrogens is 360 g/mol. The molecule has 4 heteroatoms. The van der Waals surface area contributed by atoms with Gasteiger partial charge in [-0.25, -0.2) is 0 Å². The second-order valence-electron chi connectivity index (χ2n) is 7.07. The van der Waals surface area contributed by atoms with Crippen molar-refractivity contribution in [1.29, 1.82) is 0 Å². The molecule has 0 amide bonds. The van der Waals surface area contributed by atoms with E-state index in [0.29, 0.717) is 19.1 Å². The Bertz CT molecular complexity index is 995. The number of benzene rings is 3. The number of rotatable bonds is 8. The lowest BCUT2D eigenvalue weighted by molar-refractivity contribution is 0.110. The Morgan fingerprint density at radius 2 is 1.52 bits per heavy atom. The first kappa shape index (κ1) is 19.0. The van der Waals surface area contributed by atoms with E-state index in [9.17, 15) is 0 Å². The molecule has 0 fully saturated rings. The van der Waals surface area contributed by atoms with Crippen LogP contribution in [0.1, 0.15) is 24.0 Å². The maximum atomic E-state index is 5.94. The lowest BCUT2D eigenvalue weighted by Gasteiger charge is -2.13. The van der Waals surface area contributed by atoms with E-state index in [4.69, 9.17) is 9.47 Å². The standard InChI is InChI=1S/C25H24N2O2/c1-19(21-5-3-2-4-6-21)17-28-18-20-7-11-23(12-8-20)29-24-13-9-22(10-14-24)25-15-16-26-27-25/h2-16,19H,17-18H2,1H3,(H,26,27). The van der Waals surface area contributed by atoms with Gasteiger partial charge in [-0.05, 0) is 59.2 Å². The number of nitrogens with zero attached hydrogens (tertiary/aromatic N) is 1. The quantitative estimate of drug-likeness (QED) is 0.394. The average Bonchev–Trinajstić information content (AvgIpc) is 3.31. The molecule has 1 heterocycles. The zero-order chi connectivity index (χ0) is 19.9. The van der Waals surface area contributed by atoms with Crippen molar-refractivity contribution in [2.45, 2.75) is 19.4 Å². The smallest absolute Gasteiger partial charge is 0.127 e. The summed E-state index contributed by atoms with van der Waals surface area (Å²) in [4.78, 5) is 0. The topological polar surface area (TPSA) is 47.1 Å². The second kappa shape index (κ2) is 9.22. The van der Waals surface area contributed by atoms with E-state index >= 15 is 0 Å². The van der Waals surface area contributed by atoms with Crippen molar-refractivity contribution < 1.29 is 9.47 Å². The number of hydrogen-bond acceptors (Lipinski definition) is 3. The molecule has 4 nitrogen and oxygen atoms in total. The first-order chi connectivity index (χ1) is 14.3. The Hall–Kier alpha value is -3.37. The van der Waals surface area contributed by atoms with E-state index in [1.54, 1.807) is 6.20 Å². The average molecular weight is 384 g/mol. The minimum atomic E-state index is 0.378.